The van der Waals surface area contributed by atoms with Crippen LogP contribution in [0.5, 0.6) is 0 Å². The molecule has 0 bridgehead atoms. The molecule has 4 nitrogen and oxygen atoms in total. The molecule has 2 fully saturated rings. The lowest BCUT2D eigenvalue weighted by Crippen LogP contribution is -2.28. The Bertz CT molecular complexity index is 347. The van der Waals surface area contributed by atoms with Gasteiger partial charge in [-0.2, -0.15) is 0 Å². The van der Waals surface area contributed by atoms with Gasteiger partial charge in [-0.25, -0.2) is 0 Å². The van der Waals surface area contributed by atoms with Crippen molar-refractivity contribution in [2.45, 2.75) is 11.9 Å². The van der Waals surface area contributed by atoms with E-state index in [0.717, 1.165) is 12.3 Å². The number of nitrogens with one attached hydrogen (secondary N) is 1. The maximum Gasteiger partial charge on any atom is 0.210 e. The van der Waals surface area contributed by atoms with Crippen LogP contribution in [0.15, 0.2) is 30.3 Å². The molecular weight excluding hydrogens is 206 g/mol. The van der Waals surface area contributed by atoms with Gasteiger partial charge in [-0.15, -0.1) is 0 Å². The molecule has 2 unspecified atom stereocenters. The Morgan fingerprint density at radius 1 is 1.38 bits per heavy atom. The van der Waals surface area contributed by atoms with Gasteiger partial charge in [-0.1, -0.05) is 18.2 Å². The van der Waals surface area contributed by atoms with Crippen LogP contribution >= 0.6 is 0 Å². The SMILES string of the molecule is c1ccc(NCC2(OCC3CO3)CO2)cc1. The van der Waals surface area contributed by atoms with E-state index in [-0.39, 0.29) is 6.10 Å². The van der Waals surface area contributed by atoms with E-state index in [1.807, 2.05) is 30.3 Å². The molecule has 0 aliphatic carbocycles. The van der Waals surface area contributed by atoms with Crippen molar-refractivity contribution in [3.63, 3.8) is 0 Å². The summed E-state index contributed by atoms with van der Waals surface area (Å²) >= 11 is 0. The standard InChI is InChI=1S/C12H15NO3/c1-2-4-10(5-3-1)13-8-12(9-16-12)15-7-11-6-14-11/h1-5,11,13H,6-9H2. The van der Waals surface area contributed by atoms with Gasteiger partial charge >= 0.3 is 0 Å². The van der Waals surface area contributed by atoms with Gasteiger partial charge in [0.05, 0.1) is 19.8 Å². The summed E-state index contributed by atoms with van der Waals surface area (Å²) in [6.45, 7) is 2.81. The van der Waals surface area contributed by atoms with Gasteiger partial charge in [-0.05, 0) is 12.1 Å². The summed E-state index contributed by atoms with van der Waals surface area (Å²) in [6.07, 6.45) is 0.290. The van der Waals surface area contributed by atoms with Crippen LogP contribution in [0.3, 0.4) is 0 Å². The van der Waals surface area contributed by atoms with Gasteiger partial charge in [0.1, 0.15) is 12.7 Å². The van der Waals surface area contributed by atoms with Gasteiger partial charge in [0.25, 0.3) is 0 Å². The van der Waals surface area contributed by atoms with Crippen molar-refractivity contribution in [1.82, 2.24) is 0 Å². The van der Waals surface area contributed by atoms with Crippen LogP contribution in [0.2, 0.25) is 0 Å². The molecule has 1 N–H and O–H groups in total. The Morgan fingerprint density at radius 3 is 2.75 bits per heavy atom. The molecule has 0 amide bonds. The summed E-state index contributed by atoms with van der Waals surface area (Å²) in [5, 5.41) is 3.30. The molecule has 16 heavy (non-hydrogen) atoms. The van der Waals surface area contributed by atoms with E-state index in [0.29, 0.717) is 19.8 Å². The molecule has 4 heteroatoms. The first kappa shape index (κ1) is 10.1. The minimum Gasteiger partial charge on any atom is -0.380 e. The zero-order valence-electron chi connectivity index (χ0n) is 9.02. The Kier molecular flexibility index (Phi) is 2.55. The van der Waals surface area contributed by atoms with E-state index in [9.17, 15) is 0 Å². The topological polar surface area (TPSA) is 46.3 Å². The predicted octanol–water partition coefficient (Wildman–Crippen LogP) is 1.24. The average Bonchev–Trinajstić information content (AvgIpc) is 3.21. The van der Waals surface area contributed by atoms with Crippen LogP contribution in [0.4, 0.5) is 5.69 Å². The lowest BCUT2D eigenvalue weighted by atomic mass is 10.3. The minimum atomic E-state index is -0.415. The quantitative estimate of drug-likeness (QED) is 0.734. The van der Waals surface area contributed by atoms with Crippen LogP contribution < -0.4 is 5.32 Å². The van der Waals surface area contributed by atoms with Crippen molar-refractivity contribution >= 4 is 5.69 Å². The molecule has 2 aliphatic rings. The number of epoxide rings is 2. The second-order valence-electron chi connectivity index (χ2n) is 4.19. The van der Waals surface area contributed by atoms with Crippen molar-refractivity contribution in [2.24, 2.45) is 0 Å². The highest BCUT2D eigenvalue weighted by Gasteiger charge is 2.47. The van der Waals surface area contributed by atoms with Crippen molar-refractivity contribution in [2.75, 3.05) is 31.7 Å². The molecule has 0 aromatic heterocycles. The molecule has 2 heterocycles. The van der Waals surface area contributed by atoms with E-state index in [1.165, 1.54) is 0 Å². The number of ether oxygens (including phenoxy) is 3. The van der Waals surface area contributed by atoms with Crippen LogP contribution in [-0.4, -0.2) is 38.3 Å². The lowest BCUT2D eigenvalue weighted by molar-refractivity contribution is -0.0392. The van der Waals surface area contributed by atoms with Gasteiger partial charge in [0, 0.05) is 5.69 Å². The zero-order valence-corrected chi connectivity index (χ0v) is 9.02. The number of benzene rings is 1. The van der Waals surface area contributed by atoms with E-state index in [1.54, 1.807) is 0 Å². The Labute approximate surface area is 94.5 Å². The lowest BCUT2D eigenvalue weighted by Gasteiger charge is -2.14. The molecule has 1 aromatic carbocycles. The number of para-hydroxylation sites is 1. The summed E-state index contributed by atoms with van der Waals surface area (Å²) in [6, 6.07) is 10.1. The molecule has 2 saturated heterocycles. The first-order chi connectivity index (χ1) is 7.86. The van der Waals surface area contributed by atoms with Gasteiger partial charge in [0.15, 0.2) is 0 Å². The fraction of sp³-hybridized carbons (Fsp3) is 0.500. The summed E-state index contributed by atoms with van der Waals surface area (Å²) in [7, 11) is 0. The maximum atomic E-state index is 5.68. The highest BCUT2D eigenvalue weighted by atomic mass is 16.8. The minimum absolute atomic E-state index is 0.290. The largest absolute Gasteiger partial charge is 0.380 e. The molecule has 2 aliphatic heterocycles. The normalized spacial score (nSPS) is 31.1. The third-order valence-electron chi connectivity index (χ3n) is 2.74. The van der Waals surface area contributed by atoms with Crippen molar-refractivity contribution in [1.29, 1.82) is 0 Å². The van der Waals surface area contributed by atoms with Gasteiger partial charge < -0.3 is 19.5 Å². The summed E-state index contributed by atoms with van der Waals surface area (Å²) in [5.41, 5.74) is 1.09. The molecule has 86 valence electrons. The van der Waals surface area contributed by atoms with Gasteiger partial charge in [-0.3, -0.25) is 0 Å². The Hall–Kier alpha value is -1.10. The Morgan fingerprint density at radius 2 is 2.12 bits per heavy atom. The highest BCUT2D eigenvalue weighted by molar-refractivity contribution is 5.42. The van der Waals surface area contributed by atoms with E-state index in [2.05, 4.69) is 5.32 Å². The highest BCUT2D eigenvalue weighted by Crippen LogP contribution is 2.30. The number of anilines is 1. The third kappa shape index (κ3) is 2.52. The summed E-state index contributed by atoms with van der Waals surface area (Å²) in [5.74, 6) is -0.415. The zero-order chi connectivity index (χ0) is 10.8. The van der Waals surface area contributed by atoms with Crippen molar-refractivity contribution in [3.05, 3.63) is 30.3 Å². The van der Waals surface area contributed by atoms with Gasteiger partial charge in [0.2, 0.25) is 5.79 Å². The Balaban J connectivity index is 1.46. The molecule has 0 spiro atoms. The van der Waals surface area contributed by atoms with Crippen LogP contribution in [0.1, 0.15) is 0 Å². The number of hydrogen-bond donors (Lipinski definition) is 1. The van der Waals surface area contributed by atoms with Crippen LogP contribution in [0, 0.1) is 0 Å². The van der Waals surface area contributed by atoms with Crippen molar-refractivity contribution < 1.29 is 14.2 Å². The van der Waals surface area contributed by atoms with E-state index < -0.39 is 5.79 Å². The molecule has 0 saturated carbocycles. The predicted molar refractivity (Wildman–Crippen MR) is 59.3 cm³/mol. The van der Waals surface area contributed by atoms with Crippen molar-refractivity contribution in [3.8, 4) is 0 Å². The fourth-order valence-corrected chi connectivity index (χ4v) is 1.52. The van der Waals surface area contributed by atoms with Crippen LogP contribution in [0.25, 0.3) is 0 Å². The van der Waals surface area contributed by atoms with E-state index in [4.69, 9.17) is 14.2 Å². The first-order valence-electron chi connectivity index (χ1n) is 5.55. The molecule has 0 radical (unpaired) electrons. The van der Waals surface area contributed by atoms with E-state index >= 15 is 0 Å². The molecule has 1 aromatic rings. The first-order valence-corrected chi connectivity index (χ1v) is 5.55. The second kappa shape index (κ2) is 4.05. The number of hydrogen-bond acceptors (Lipinski definition) is 4. The third-order valence-corrected chi connectivity index (χ3v) is 2.74. The molecule has 3 rings (SSSR count). The summed E-state index contributed by atoms with van der Waals surface area (Å²) in [4.78, 5) is 0. The molecule has 2 atom stereocenters. The summed E-state index contributed by atoms with van der Waals surface area (Å²) < 4.78 is 16.1. The average molecular weight is 221 g/mol. The number of rotatable bonds is 6. The molecular formula is C12H15NO3. The second-order valence-corrected chi connectivity index (χ2v) is 4.19. The fourth-order valence-electron chi connectivity index (χ4n) is 1.52. The monoisotopic (exact) mass is 221 g/mol. The smallest absolute Gasteiger partial charge is 0.210 e. The van der Waals surface area contributed by atoms with Crippen LogP contribution in [-0.2, 0) is 14.2 Å². The maximum absolute atomic E-state index is 5.68.